The number of amides is 1. The highest BCUT2D eigenvalue weighted by Crippen LogP contribution is 2.42. The van der Waals surface area contributed by atoms with E-state index >= 15 is 0 Å². The molecule has 0 radical (unpaired) electrons. The van der Waals surface area contributed by atoms with Gasteiger partial charge < -0.3 is 19.5 Å². The maximum absolute atomic E-state index is 13.5. The van der Waals surface area contributed by atoms with Crippen LogP contribution < -0.4 is 9.47 Å². The molecule has 1 aliphatic heterocycles. The third-order valence-electron chi connectivity index (χ3n) is 5.78. The minimum atomic E-state index is -0.908. The van der Waals surface area contributed by atoms with Crippen LogP contribution in [0.25, 0.3) is 5.76 Å². The number of nitrogens with zero attached hydrogens (tertiary/aromatic N) is 2. The zero-order chi connectivity index (χ0) is 25.7. The van der Waals surface area contributed by atoms with Crippen LogP contribution in [0.3, 0.4) is 0 Å². The molecule has 1 saturated heterocycles. The van der Waals surface area contributed by atoms with Gasteiger partial charge in [-0.2, -0.15) is 0 Å². The van der Waals surface area contributed by atoms with Gasteiger partial charge in [0.15, 0.2) is 11.5 Å². The normalized spacial score (nSPS) is 16.9. The van der Waals surface area contributed by atoms with E-state index < -0.39 is 23.5 Å². The molecule has 1 unspecified atom stereocenters. The number of carbonyl (C=O) groups excluding carboxylic acids is 2. The molecule has 8 heteroatoms. The fourth-order valence-electron chi connectivity index (χ4n) is 4.14. The second kappa shape index (κ2) is 11.0. The van der Waals surface area contributed by atoms with E-state index in [0.29, 0.717) is 30.3 Å². The zero-order valence-electron chi connectivity index (χ0n) is 20.1. The van der Waals surface area contributed by atoms with Crippen LogP contribution in [0, 0.1) is 5.82 Å². The van der Waals surface area contributed by atoms with Gasteiger partial charge in [-0.25, -0.2) is 4.39 Å². The number of hydrogen-bond acceptors (Lipinski definition) is 6. The standard InChI is InChI=1S/C28H27FN2O5/c1-3-14-36-22-12-9-20(15-23(22)35-4-2)25-24(26(32)19-7-10-21(29)11-8-19)27(33)28(34)31(25)17-18-6-5-13-30-16-18/h5-13,15-16,25,32H,3-4,14,17H2,1-2H3/b26-24+. The molecule has 0 bridgehead atoms. The SMILES string of the molecule is CCCOc1ccc(C2/C(=C(\O)c3ccc(F)cc3)C(=O)C(=O)N2Cc2cccnc2)cc1OCC. The number of hydrogen-bond donors (Lipinski definition) is 1. The summed E-state index contributed by atoms with van der Waals surface area (Å²) in [6.07, 6.45) is 4.05. The number of ether oxygens (including phenoxy) is 2. The first-order valence-electron chi connectivity index (χ1n) is 11.8. The second-order valence-electron chi connectivity index (χ2n) is 8.28. The van der Waals surface area contributed by atoms with Gasteiger partial charge in [0, 0.05) is 24.5 Å². The van der Waals surface area contributed by atoms with Gasteiger partial charge >= 0.3 is 0 Å². The maximum atomic E-state index is 13.5. The Hall–Kier alpha value is -4.20. The Morgan fingerprint density at radius 2 is 1.83 bits per heavy atom. The van der Waals surface area contributed by atoms with Crippen molar-refractivity contribution in [3.63, 3.8) is 0 Å². The lowest BCUT2D eigenvalue weighted by atomic mass is 9.95. The summed E-state index contributed by atoms with van der Waals surface area (Å²) in [5, 5.41) is 11.1. The predicted molar refractivity (Wildman–Crippen MR) is 132 cm³/mol. The third kappa shape index (κ3) is 5.07. The number of aromatic nitrogens is 1. The lowest BCUT2D eigenvalue weighted by Crippen LogP contribution is -2.29. The molecule has 0 saturated carbocycles. The molecule has 0 spiro atoms. The number of pyridine rings is 1. The topological polar surface area (TPSA) is 89.0 Å². The fraction of sp³-hybridized carbons (Fsp3) is 0.250. The molecule has 2 heterocycles. The van der Waals surface area contributed by atoms with E-state index in [4.69, 9.17) is 9.47 Å². The summed E-state index contributed by atoms with van der Waals surface area (Å²) >= 11 is 0. The van der Waals surface area contributed by atoms with Crippen molar-refractivity contribution in [1.82, 2.24) is 9.88 Å². The molecule has 1 fully saturated rings. The number of aliphatic hydroxyl groups is 1. The Morgan fingerprint density at radius 3 is 2.50 bits per heavy atom. The highest BCUT2D eigenvalue weighted by molar-refractivity contribution is 6.46. The first-order chi connectivity index (χ1) is 17.4. The van der Waals surface area contributed by atoms with Gasteiger partial charge in [-0.05, 0) is 66.9 Å². The van der Waals surface area contributed by atoms with E-state index in [-0.39, 0.29) is 23.4 Å². The first-order valence-corrected chi connectivity index (χ1v) is 11.8. The largest absolute Gasteiger partial charge is 0.507 e. The fourth-order valence-corrected chi connectivity index (χ4v) is 4.14. The smallest absolute Gasteiger partial charge is 0.295 e. The molecule has 2 aromatic carbocycles. The van der Waals surface area contributed by atoms with Crippen LogP contribution in [0.1, 0.15) is 43.0 Å². The molecule has 36 heavy (non-hydrogen) atoms. The minimum Gasteiger partial charge on any atom is -0.507 e. The van der Waals surface area contributed by atoms with Crippen LogP contribution >= 0.6 is 0 Å². The molecule has 0 aliphatic carbocycles. The quantitative estimate of drug-likeness (QED) is 0.257. The highest BCUT2D eigenvalue weighted by Gasteiger charge is 2.46. The summed E-state index contributed by atoms with van der Waals surface area (Å²) < 4.78 is 25.1. The summed E-state index contributed by atoms with van der Waals surface area (Å²) in [7, 11) is 0. The summed E-state index contributed by atoms with van der Waals surface area (Å²) in [6.45, 7) is 4.83. The monoisotopic (exact) mass is 490 g/mol. The van der Waals surface area contributed by atoms with Crippen molar-refractivity contribution >= 4 is 17.4 Å². The summed E-state index contributed by atoms with van der Waals surface area (Å²) in [5.74, 6) is -1.42. The average Bonchev–Trinajstić information content (AvgIpc) is 3.13. The summed E-state index contributed by atoms with van der Waals surface area (Å²) in [4.78, 5) is 31.9. The molecule has 4 rings (SSSR count). The molecule has 7 nitrogen and oxygen atoms in total. The number of Topliss-reactive ketones (excluding diaryl/α,β-unsaturated/α-hetero) is 1. The van der Waals surface area contributed by atoms with Crippen LogP contribution in [0.15, 0.2) is 72.6 Å². The summed E-state index contributed by atoms with van der Waals surface area (Å²) in [5.41, 5.74) is 1.43. The van der Waals surface area contributed by atoms with E-state index in [0.717, 1.165) is 12.0 Å². The Balaban J connectivity index is 1.86. The molecule has 186 valence electrons. The predicted octanol–water partition coefficient (Wildman–Crippen LogP) is 5.03. The molecule has 1 aliphatic rings. The van der Waals surface area contributed by atoms with E-state index in [9.17, 15) is 19.1 Å². The van der Waals surface area contributed by atoms with Crippen LogP contribution in [0.4, 0.5) is 4.39 Å². The van der Waals surface area contributed by atoms with Gasteiger partial charge in [-0.1, -0.05) is 19.1 Å². The number of ketones is 1. The van der Waals surface area contributed by atoms with E-state index in [1.807, 2.05) is 13.8 Å². The number of rotatable bonds is 9. The van der Waals surface area contributed by atoms with E-state index in [2.05, 4.69) is 4.98 Å². The van der Waals surface area contributed by atoms with E-state index in [1.165, 1.54) is 29.2 Å². The van der Waals surface area contributed by atoms with Gasteiger partial charge in [0.05, 0.1) is 24.8 Å². The molecule has 1 N–H and O–H groups in total. The number of likely N-dealkylation sites (tertiary alicyclic amines) is 1. The highest BCUT2D eigenvalue weighted by atomic mass is 19.1. The maximum Gasteiger partial charge on any atom is 0.295 e. The first kappa shape index (κ1) is 24.9. The van der Waals surface area contributed by atoms with Gasteiger partial charge in [-0.3, -0.25) is 14.6 Å². The average molecular weight is 491 g/mol. The van der Waals surface area contributed by atoms with Crippen molar-refractivity contribution in [1.29, 1.82) is 0 Å². The third-order valence-corrected chi connectivity index (χ3v) is 5.78. The van der Waals surface area contributed by atoms with Gasteiger partial charge in [-0.15, -0.1) is 0 Å². The summed E-state index contributed by atoms with van der Waals surface area (Å²) in [6, 6.07) is 12.9. The molecule has 3 aromatic rings. The van der Waals surface area contributed by atoms with Crippen molar-refractivity contribution < 1.29 is 28.6 Å². The van der Waals surface area contributed by atoms with Crippen LogP contribution in [0.5, 0.6) is 11.5 Å². The van der Waals surface area contributed by atoms with Gasteiger partial charge in [0.25, 0.3) is 11.7 Å². The minimum absolute atomic E-state index is 0.0832. The van der Waals surface area contributed by atoms with Crippen molar-refractivity contribution in [3.05, 3.63) is 95.1 Å². The molecule has 1 atom stereocenters. The second-order valence-corrected chi connectivity index (χ2v) is 8.28. The Labute approximate surface area is 208 Å². The van der Waals surface area contributed by atoms with Crippen LogP contribution in [-0.2, 0) is 16.1 Å². The Kier molecular flexibility index (Phi) is 7.63. The molecule has 1 aromatic heterocycles. The van der Waals surface area contributed by atoms with Gasteiger partial charge in [0.1, 0.15) is 11.6 Å². The molecule has 1 amide bonds. The van der Waals surface area contributed by atoms with Crippen LogP contribution in [-0.4, -0.2) is 39.9 Å². The Morgan fingerprint density at radius 1 is 1.06 bits per heavy atom. The number of carbonyl (C=O) groups is 2. The Bertz CT molecular complexity index is 1270. The van der Waals surface area contributed by atoms with Crippen molar-refractivity contribution in [2.45, 2.75) is 32.9 Å². The van der Waals surface area contributed by atoms with Gasteiger partial charge in [0.2, 0.25) is 0 Å². The lowest BCUT2D eigenvalue weighted by molar-refractivity contribution is -0.140. The zero-order valence-corrected chi connectivity index (χ0v) is 20.1. The number of aliphatic hydroxyl groups excluding tert-OH is 1. The lowest BCUT2D eigenvalue weighted by Gasteiger charge is -2.26. The van der Waals surface area contributed by atoms with Crippen molar-refractivity contribution in [2.75, 3.05) is 13.2 Å². The molecular formula is C28H27FN2O5. The number of benzene rings is 2. The number of halogens is 1. The van der Waals surface area contributed by atoms with Crippen molar-refractivity contribution in [3.8, 4) is 11.5 Å². The van der Waals surface area contributed by atoms with Crippen LogP contribution in [0.2, 0.25) is 0 Å². The molecular weight excluding hydrogens is 463 g/mol. The van der Waals surface area contributed by atoms with E-state index in [1.54, 1.807) is 42.7 Å². The van der Waals surface area contributed by atoms with Crippen molar-refractivity contribution in [2.24, 2.45) is 0 Å².